The number of rotatable bonds is 9. The molecule has 5 heteroatoms. The molecule has 0 bridgehead atoms. The van der Waals surface area contributed by atoms with Crippen LogP contribution in [0.4, 0.5) is 0 Å². The highest BCUT2D eigenvalue weighted by Gasteiger charge is 2.20. The van der Waals surface area contributed by atoms with Crippen LogP contribution in [0.1, 0.15) is 26.1 Å². The van der Waals surface area contributed by atoms with Gasteiger partial charge in [-0.3, -0.25) is 0 Å². The van der Waals surface area contributed by atoms with Crippen LogP contribution in [0.5, 0.6) is 0 Å². The number of aromatic nitrogens is 2. The third kappa shape index (κ3) is 4.40. The van der Waals surface area contributed by atoms with Crippen molar-refractivity contribution in [2.24, 2.45) is 7.05 Å². The van der Waals surface area contributed by atoms with Crippen LogP contribution in [0.15, 0.2) is 12.4 Å². The first-order valence-corrected chi connectivity index (χ1v) is 6.59. The standard InChI is InChI=1S/C13H25N3O2/c1-5-17-13(18-6-2)11(14-3)7-8-12-15-9-10-16(12)4/h9-11,13-14H,5-8H2,1-4H3. The van der Waals surface area contributed by atoms with Gasteiger partial charge in [0.25, 0.3) is 0 Å². The van der Waals surface area contributed by atoms with Crippen LogP contribution >= 0.6 is 0 Å². The zero-order valence-corrected chi connectivity index (χ0v) is 11.8. The molecule has 0 amide bonds. The molecule has 104 valence electrons. The number of hydrogen-bond donors (Lipinski definition) is 1. The van der Waals surface area contributed by atoms with Crippen molar-refractivity contribution >= 4 is 0 Å². The maximum atomic E-state index is 5.62. The topological polar surface area (TPSA) is 48.3 Å². The summed E-state index contributed by atoms with van der Waals surface area (Å²) in [6.07, 6.45) is 5.45. The molecule has 0 spiro atoms. The quantitative estimate of drug-likeness (QED) is 0.677. The van der Waals surface area contributed by atoms with Crippen LogP contribution in [-0.2, 0) is 22.9 Å². The Bertz CT molecular complexity index is 322. The van der Waals surface area contributed by atoms with Crippen molar-refractivity contribution in [3.05, 3.63) is 18.2 Å². The molecular weight excluding hydrogens is 230 g/mol. The Labute approximate surface area is 109 Å². The molecule has 0 fully saturated rings. The van der Waals surface area contributed by atoms with Crippen molar-refractivity contribution < 1.29 is 9.47 Å². The largest absolute Gasteiger partial charge is 0.351 e. The van der Waals surface area contributed by atoms with E-state index >= 15 is 0 Å². The first kappa shape index (κ1) is 15.1. The van der Waals surface area contributed by atoms with Gasteiger partial charge in [-0.2, -0.15) is 0 Å². The molecule has 0 aliphatic heterocycles. The molecular formula is C13H25N3O2. The lowest BCUT2D eigenvalue weighted by atomic mass is 10.1. The summed E-state index contributed by atoms with van der Waals surface area (Å²) in [7, 11) is 3.95. The van der Waals surface area contributed by atoms with Crippen molar-refractivity contribution in [1.29, 1.82) is 0 Å². The van der Waals surface area contributed by atoms with E-state index in [0.717, 1.165) is 18.7 Å². The lowest BCUT2D eigenvalue weighted by Crippen LogP contribution is -2.41. The van der Waals surface area contributed by atoms with Gasteiger partial charge in [0.1, 0.15) is 5.82 Å². The van der Waals surface area contributed by atoms with Crippen LogP contribution in [0, 0.1) is 0 Å². The Kier molecular flexibility index (Phi) is 6.93. The minimum Gasteiger partial charge on any atom is -0.351 e. The van der Waals surface area contributed by atoms with Crippen molar-refractivity contribution in [1.82, 2.24) is 14.9 Å². The third-order valence-corrected chi connectivity index (χ3v) is 2.96. The molecule has 0 saturated carbocycles. The molecule has 1 N–H and O–H groups in total. The van der Waals surface area contributed by atoms with E-state index in [0.29, 0.717) is 13.2 Å². The van der Waals surface area contributed by atoms with E-state index in [1.165, 1.54) is 0 Å². The molecule has 1 aromatic heterocycles. The maximum Gasteiger partial charge on any atom is 0.172 e. The molecule has 0 saturated heterocycles. The Morgan fingerprint density at radius 1 is 1.33 bits per heavy atom. The van der Waals surface area contributed by atoms with Gasteiger partial charge in [0, 0.05) is 39.1 Å². The number of ether oxygens (including phenoxy) is 2. The summed E-state index contributed by atoms with van der Waals surface area (Å²) in [5, 5.41) is 3.27. The Morgan fingerprint density at radius 2 is 2.00 bits per heavy atom. The molecule has 0 radical (unpaired) electrons. The number of imidazole rings is 1. The van der Waals surface area contributed by atoms with E-state index in [4.69, 9.17) is 9.47 Å². The van der Waals surface area contributed by atoms with Crippen LogP contribution in [0.25, 0.3) is 0 Å². The molecule has 0 aromatic carbocycles. The number of aryl methyl sites for hydroxylation is 2. The molecule has 1 heterocycles. The summed E-state index contributed by atoms with van der Waals surface area (Å²) in [5.74, 6) is 1.09. The normalized spacial score (nSPS) is 13.2. The van der Waals surface area contributed by atoms with E-state index < -0.39 is 0 Å². The van der Waals surface area contributed by atoms with E-state index in [2.05, 4.69) is 10.3 Å². The second-order valence-corrected chi connectivity index (χ2v) is 4.17. The number of hydrogen-bond acceptors (Lipinski definition) is 4. The molecule has 1 atom stereocenters. The molecule has 1 rings (SSSR count). The summed E-state index contributed by atoms with van der Waals surface area (Å²) >= 11 is 0. The van der Waals surface area contributed by atoms with Crippen LogP contribution in [0.3, 0.4) is 0 Å². The minimum atomic E-state index is -0.190. The number of nitrogens with one attached hydrogen (secondary N) is 1. The predicted molar refractivity (Wildman–Crippen MR) is 71.4 cm³/mol. The SMILES string of the molecule is CCOC(OCC)C(CCc1nccn1C)NC. The molecule has 18 heavy (non-hydrogen) atoms. The highest BCUT2D eigenvalue weighted by Crippen LogP contribution is 2.09. The van der Waals surface area contributed by atoms with Gasteiger partial charge in [-0.25, -0.2) is 4.98 Å². The minimum absolute atomic E-state index is 0.182. The average Bonchev–Trinajstić information content (AvgIpc) is 2.76. The zero-order chi connectivity index (χ0) is 13.4. The first-order chi connectivity index (χ1) is 8.72. The van der Waals surface area contributed by atoms with E-state index in [-0.39, 0.29) is 12.3 Å². The monoisotopic (exact) mass is 255 g/mol. The number of likely N-dealkylation sites (N-methyl/N-ethyl adjacent to an activating group) is 1. The lowest BCUT2D eigenvalue weighted by molar-refractivity contribution is -0.154. The van der Waals surface area contributed by atoms with Crippen LogP contribution in [-0.4, -0.2) is 42.1 Å². The second-order valence-electron chi connectivity index (χ2n) is 4.17. The Balaban J connectivity index is 2.51. The smallest absolute Gasteiger partial charge is 0.172 e. The number of nitrogens with zero attached hydrogens (tertiary/aromatic N) is 2. The van der Waals surface area contributed by atoms with Gasteiger partial charge in [0.15, 0.2) is 6.29 Å². The van der Waals surface area contributed by atoms with Gasteiger partial charge < -0.3 is 19.4 Å². The van der Waals surface area contributed by atoms with Gasteiger partial charge in [0.05, 0.1) is 6.04 Å². The molecule has 0 aliphatic rings. The molecule has 1 aromatic rings. The lowest BCUT2D eigenvalue weighted by Gasteiger charge is -2.26. The average molecular weight is 255 g/mol. The van der Waals surface area contributed by atoms with Crippen molar-refractivity contribution in [3.8, 4) is 0 Å². The van der Waals surface area contributed by atoms with E-state index in [1.807, 2.05) is 44.9 Å². The Morgan fingerprint density at radius 3 is 2.44 bits per heavy atom. The fourth-order valence-electron chi connectivity index (χ4n) is 1.95. The molecule has 0 aliphatic carbocycles. The van der Waals surface area contributed by atoms with E-state index in [1.54, 1.807) is 0 Å². The first-order valence-electron chi connectivity index (χ1n) is 6.59. The Hall–Kier alpha value is -0.910. The summed E-state index contributed by atoms with van der Waals surface area (Å²) in [4.78, 5) is 4.33. The van der Waals surface area contributed by atoms with Crippen molar-refractivity contribution in [2.45, 2.75) is 39.0 Å². The van der Waals surface area contributed by atoms with Crippen LogP contribution in [0.2, 0.25) is 0 Å². The van der Waals surface area contributed by atoms with Crippen LogP contribution < -0.4 is 5.32 Å². The fraction of sp³-hybridized carbons (Fsp3) is 0.769. The van der Waals surface area contributed by atoms with Gasteiger partial charge in [-0.05, 0) is 27.3 Å². The third-order valence-electron chi connectivity index (χ3n) is 2.96. The van der Waals surface area contributed by atoms with Gasteiger partial charge in [-0.1, -0.05) is 0 Å². The maximum absolute atomic E-state index is 5.62. The summed E-state index contributed by atoms with van der Waals surface area (Å²) in [6.45, 7) is 5.28. The van der Waals surface area contributed by atoms with Gasteiger partial charge in [-0.15, -0.1) is 0 Å². The summed E-state index contributed by atoms with van der Waals surface area (Å²) < 4.78 is 13.3. The highest BCUT2D eigenvalue weighted by molar-refractivity contribution is 4.92. The highest BCUT2D eigenvalue weighted by atomic mass is 16.7. The molecule has 5 nitrogen and oxygen atoms in total. The zero-order valence-electron chi connectivity index (χ0n) is 11.8. The van der Waals surface area contributed by atoms with Crippen molar-refractivity contribution in [2.75, 3.05) is 20.3 Å². The van der Waals surface area contributed by atoms with Gasteiger partial charge in [0.2, 0.25) is 0 Å². The fourth-order valence-corrected chi connectivity index (χ4v) is 1.95. The predicted octanol–water partition coefficient (Wildman–Crippen LogP) is 1.34. The summed E-state index contributed by atoms with van der Waals surface area (Å²) in [5.41, 5.74) is 0. The summed E-state index contributed by atoms with van der Waals surface area (Å²) in [6, 6.07) is 0.182. The van der Waals surface area contributed by atoms with Crippen molar-refractivity contribution in [3.63, 3.8) is 0 Å². The molecule has 1 unspecified atom stereocenters. The second kappa shape index (κ2) is 8.24. The van der Waals surface area contributed by atoms with Gasteiger partial charge >= 0.3 is 0 Å². The van der Waals surface area contributed by atoms with E-state index in [9.17, 15) is 0 Å².